The van der Waals surface area contributed by atoms with Gasteiger partial charge in [0.25, 0.3) is 11.8 Å². The van der Waals surface area contributed by atoms with E-state index in [4.69, 9.17) is 10.5 Å². The van der Waals surface area contributed by atoms with E-state index in [1.807, 2.05) is 0 Å². The molecule has 0 spiro atoms. The Balaban J connectivity index is 1.66. The third kappa shape index (κ3) is 4.30. The van der Waals surface area contributed by atoms with Crippen molar-refractivity contribution in [3.05, 3.63) is 39.8 Å². The van der Waals surface area contributed by atoms with E-state index in [-0.39, 0.29) is 5.69 Å². The molecule has 2 aromatic rings. The number of aromatic nitrogens is 2. The number of aryl methyl sites for hydroxylation is 1. The lowest BCUT2D eigenvalue weighted by molar-refractivity contribution is -0.119. The van der Waals surface area contributed by atoms with Gasteiger partial charge in [0.05, 0.1) is 17.5 Å². The van der Waals surface area contributed by atoms with Gasteiger partial charge in [0, 0.05) is 11.1 Å². The molecule has 0 radical (unpaired) electrons. The molecule has 0 saturated heterocycles. The Kier molecular flexibility index (Phi) is 5.50. The van der Waals surface area contributed by atoms with Gasteiger partial charge >= 0.3 is 5.97 Å². The third-order valence-electron chi connectivity index (χ3n) is 4.34. The zero-order valence-electron chi connectivity index (χ0n) is 15.1. The standard InChI is InChI=1S/C18H20N4O4S/c1-9-3-4-11-13(5-9)27-17(15(11)16(19)24)22-14(23)8-26-18(25)12-7-20-10(2)6-21-12/h6-7,9H,3-5,8H2,1-2H3,(H2,19,24)(H,22,23)/t9-/m1/s1. The third-order valence-corrected chi connectivity index (χ3v) is 5.51. The Labute approximate surface area is 160 Å². The molecule has 0 unspecified atom stereocenters. The van der Waals surface area contributed by atoms with E-state index < -0.39 is 24.4 Å². The molecule has 2 heterocycles. The second kappa shape index (κ2) is 7.83. The van der Waals surface area contributed by atoms with Crippen LogP contribution in [0.1, 0.15) is 50.3 Å². The van der Waals surface area contributed by atoms with Gasteiger partial charge in [-0.15, -0.1) is 11.3 Å². The maximum atomic E-state index is 12.2. The number of nitrogens with one attached hydrogen (secondary N) is 1. The van der Waals surface area contributed by atoms with Crippen molar-refractivity contribution < 1.29 is 19.1 Å². The Bertz CT molecular complexity index is 892. The number of primary amides is 1. The number of hydrogen-bond acceptors (Lipinski definition) is 7. The summed E-state index contributed by atoms with van der Waals surface area (Å²) in [7, 11) is 0. The fraction of sp³-hybridized carbons (Fsp3) is 0.389. The smallest absolute Gasteiger partial charge is 0.359 e. The topological polar surface area (TPSA) is 124 Å². The van der Waals surface area contributed by atoms with E-state index in [0.717, 1.165) is 29.7 Å². The van der Waals surface area contributed by atoms with Crippen molar-refractivity contribution in [1.29, 1.82) is 0 Å². The van der Waals surface area contributed by atoms with E-state index in [2.05, 4.69) is 22.2 Å². The number of carbonyl (C=O) groups excluding carboxylic acids is 3. The molecule has 27 heavy (non-hydrogen) atoms. The van der Waals surface area contributed by atoms with Gasteiger partial charge in [-0.3, -0.25) is 14.6 Å². The van der Waals surface area contributed by atoms with E-state index in [1.54, 1.807) is 6.92 Å². The van der Waals surface area contributed by atoms with Crippen LogP contribution >= 0.6 is 11.3 Å². The van der Waals surface area contributed by atoms with Gasteiger partial charge in [-0.05, 0) is 37.7 Å². The average Bonchev–Trinajstić information content (AvgIpc) is 2.97. The van der Waals surface area contributed by atoms with Crippen molar-refractivity contribution in [3.63, 3.8) is 0 Å². The van der Waals surface area contributed by atoms with Crippen LogP contribution in [-0.2, 0) is 22.4 Å². The minimum atomic E-state index is -0.743. The number of carbonyl (C=O) groups is 3. The number of fused-ring (bicyclic) bond motifs is 1. The highest BCUT2D eigenvalue weighted by molar-refractivity contribution is 7.17. The second-order valence-electron chi connectivity index (χ2n) is 6.59. The van der Waals surface area contributed by atoms with Gasteiger partial charge in [-0.1, -0.05) is 6.92 Å². The molecule has 1 atom stereocenters. The average molecular weight is 388 g/mol. The first kappa shape index (κ1) is 19.0. The molecule has 1 aliphatic rings. The summed E-state index contributed by atoms with van der Waals surface area (Å²) in [5.74, 6) is -1.33. The number of nitrogens with zero attached hydrogens (tertiary/aromatic N) is 2. The van der Waals surface area contributed by atoms with Crippen LogP contribution in [0.2, 0.25) is 0 Å². The lowest BCUT2D eigenvalue weighted by Gasteiger charge is -2.18. The zero-order valence-corrected chi connectivity index (χ0v) is 15.9. The lowest BCUT2D eigenvalue weighted by Crippen LogP contribution is -2.23. The Morgan fingerprint density at radius 1 is 1.33 bits per heavy atom. The first-order chi connectivity index (χ1) is 12.8. The highest BCUT2D eigenvalue weighted by atomic mass is 32.1. The van der Waals surface area contributed by atoms with Crippen LogP contribution in [0.4, 0.5) is 5.00 Å². The van der Waals surface area contributed by atoms with Crippen LogP contribution in [0.15, 0.2) is 12.4 Å². The predicted molar refractivity (Wildman–Crippen MR) is 99.7 cm³/mol. The summed E-state index contributed by atoms with van der Waals surface area (Å²) in [6, 6.07) is 0. The summed E-state index contributed by atoms with van der Waals surface area (Å²) in [5.41, 5.74) is 7.50. The van der Waals surface area contributed by atoms with Gasteiger partial charge in [0.2, 0.25) is 0 Å². The van der Waals surface area contributed by atoms with Crippen LogP contribution in [0.25, 0.3) is 0 Å². The molecule has 3 N–H and O–H groups in total. The molecule has 0 bridgehead atoms. The van der Waals surface area contributed by atoms with E-state index in [9.17, 15) is 14.4 Å². The molecular weight excluding hydrogens is 368 g/mol. The van der Waals surface area contributed by atoms with E-state index >= 15 is 0 Å². The van der Waals surface area contributed by atoms with Crippen molar-refractivity contribution in [3.8, 4) is 0 Å². The number of amides is 2. The molecule has 0 aliphatic heterocycles. The highest BCUT2D eigenvalue weighted by Gasteiger charge is 2.27. The monoisotopic (exact) mass is 388 g/mol. The molecular formula is C18H20N4O4S. The molecule has 1 aliphatic carbocycles. The van der Waals surface area contributed by atoms with Crippen LogP contribution in [-0.4, -0.2) is 34.4 Å². The Morgan fingerprint density at radius 2 is 2.11 bits per heavy atom. The summed E-state index contributed by atoms with van der Waals surface area (Å²) in [6.45, 7) is 3.40. The van der Waals surface area contributed by atoms with Gasteiger partial charge in [-0.2, -0.15) is 0 Å². The number of hydrogen-bond donors (Lipinski definition) is 2. The lowest BCUT2D eigenvalue weighted by atomic mass is 9.88. The summed E-state index contributed by atoms with van der Waals surface area (Å²) in [6.07, 6.45) is 5.33. The quantitative estimate of drug-likeness (QED) is 0.754. The molecule has 0 saturated carbocycles. The number of nitrogens with two attached hydrogens (primary N) is 1. The summed E-state index contributed by atoms with van der Waals surface area (Å²) < 4.78 is 4.96. The first-order valence-corrected chi connectivity index (χ1v) is 9.36. The SMILES string of the molecule is Cc1cnc(C(=O)OCC(=O)Nc2sc3c(c2C(N)=O)CC[C@@H](C)C3)cn1. The normalized spacial score (nSPS) is 15.7. The van der Waals surface area contributed by atoms with E-state index in [0.29, 0.717) is 22.2 Å². The molecule has 0 aromatic carbocycles. The predicted octanol–water partition coefficient (Wildman–Crippen LogP) is 1.87. The van der Waals surface area contributed by atoms with Crippen molar-refractivity contribution in [2.75, 3.05) is 11.9 Å². The molecule has 9 heteroatoms. The Hall–Kier alpha value is -2.81. The zero-order chi connectivity index (χ0) is 19.6. The van der Waals surface area contributed by atoms with Crippen LogP contribution in [0.5, 0.6) is 0 Å². The number of esters is 1. The van der Waals surface area contributed by atoms with Crippen molar-refractivity contribution in [2.24, 2.45) is 11.7 Å². The number of ether oxygens (including phenoxy) is 1. The summed E-state index contributed by atoms with van der Waals surface area (Å²) in [4.78, 5) is 44.9. The summed E-state index contributed by atoms with van der Waals surface area (Å²) >= 11 is 1.36. The minimum absolute atomic E-state index is 0.0202. The molecule has 2 aromatic heterocycles. The van der Waals surface area contributed by atoms with Gasteiger partial charge in [0.1, 0.15) is 5.00 Å². The van der Waals surface area contributed by atoms with Crippen molar-refractivity contribution in [2.45, 2.75) is 33.1 Å². The molecule has 142 valence electrons. The maximum absolute atomic E-state index is 12.2. The minimum Gasteiger partial charge on any atom is -0.451 e. The van der Waals surface area contributed by atoms with Crippen molar-refractivity contribution >= 4 is 34.1 Å². The molecule has 0 fully saturated rings. The van der Waals surface area contributed by atoms with E-state index in [1.165, 1.54) is 23.7 Å². The maximum Gasteiger partial charge on any atom is 0.359 e. The molecule has 8 nitrogen and oxygen atoms in total. The fourth-order valence-corrected chi connectivity index (χ4v) is 4.40. The molecule has 3 rings (SSSR count). The Morgan fingerprint density at radius 3 is 2.78 bits per heavy atom. The van der Waals surface area contributed by atoms with Crippen LogP contribution < -0.4 is 11.1 Å². The fourth-order valence-electron chi connectivity index (χ4n) is 2.97. The number of rotatable bonds is 5. The van der Waals surface area contributed by atoms with Gasteiger partial charge in [0.15, 0.2) is 12.3 Å². The summed E-state index contributed by atoms with van der Waals surface area (Å²) in [5, 5.41) is 3.06. The van der Waals surface area contributed by atoms with Gasteiger partial charge < -0.3 is 15.8 Å². The number of anilines is 1. The van der Waals surface area contributed by atoms with Crippen LogP contribution in [0, 0.1) is 12.8 Å². The first-order valence-electron chi connectivity index (χ1n) is 8.55. The molecule has 2 amide bonds. The second-order valence-corrected chi connectivity index (χ2v) is 7.69. The highest BCUT2D eigenvalue weighted by Crippen LogP contribution is 2.39. The largest absolute Gasteiger partial charge is 0.451 e. The van der Waals surface area contributed by atoms with Crippen molar-refractivity contribution in [1.82, 2.24) is 9.97 Å². The van der Waals surface area contributed by atoms with Gasteiger partial charge in [-0.25, -0.2) is 9.78 Å². The van der Waals surface area contributed by atoms with Crippen LogP contribution in [0.3, 0.4) is 0 Å². The number of thiophene rings is 1.